The minimum Gasteiger partial charge on any atom is -0.312 e. The maximum atomic E-state index is 2.22. The zero-order valence-electron chi connectivity index (χ0n) is 28.1. The molecule has 0 radical (unpaired) electrons. The molecule has 0 aliphatic heterocycles. The van der Waals surface area contributed by atoms with Crippen LogP contribution in [0.25, 0.3) is 0 Å². The lowest BCUT2D eigenvalue weighted by Crippen LogP contribution is -1.99. The minimum absolute atomic E-state index is 0.833. The Labute approximate surface area is 222 Å². The summed E-state index contributed by atoms with van der Waals surface area (Å²) >= 11 is 0. The van der Waals surface area contributed by atoms with E-state index in [0.29, 0.717) is 0 Å². The summed E-state index contributed by atoms with van der Waals surface area (Å²) in [6.07, 6.45) is 6.50. The average Bonchev–Trinajstić information content (AvgIpc) is 2.76. The van der Waals surface area contributed by atoms with Crippen molar-refractivity contribution in [3.63, 3.8) is 0 Å². The van der Waals surface area contributed by atoms with Gasteiger partial charge in [-0.1, -0.05) is 172 Å². The summed E-state index contributed by atoms with van der Waals surface area (Å²) < 4.78 is 0. The predicted octanol–water partition coefficient (Wildman–Crippen LogP) is 12.2. The van der Waals surface area contributed by atoms with Gasteiger partial charge in [0.05, 0.1) is 0 Å². The van der Waals surface area contributed by atoms with Crippen LogP contribution < -0.4 is 0 Å². The van der Waals surface area contributed by atoms with Crippen molar-refractivity contribution in [1.29, 1.82) is 0 Å². The van der Waals surface area contributed by atoms with E-state index in [1.807, 2.05) is 58.1 Å². The van der Waals surface area contributed by atoms with Crippen LogP contribution in [-0.4, -0.2) is 26.0 Å². The van der Waals surface area contributed by atoms with Crippen LogP contribution in [0.5, 0.6) is 0 Å². The van der Waals surface area contributed by atoms with Gasteiger partial charge in [0, 0.05) is 0 Å². The molecule has 0 aliphatic carbocycles. The molecule has 0 saturated heterocycles. The molecule has 0 spiro atoms. The van der Waals surface area contributed by atoms with Crippen LogP contribution in [0, 0.1) is 24.7 Å². The maximum absolute atomic E-state index is 2.22. The van der Waals surface area contributed by atoms with E-state index in [9.17, 15) is 0 Å². The molecule has 1 rings (SSSR count). The number of benzene rings is 1. The summed E-state index contributed by atoms with van der Waals surface area (Å²) in [6, 6.07) is 10.3. The molecule has 1 aromatic carbocycles. The van der Waals surface area contributed by atoms with Crippen molar-refractivity contribution in [2.24, 2.45) is 17.8 Å². The molecule has 1 nitrogen and oxygen atoms in total. The highest BCUT2D eigenvalue weighted by atomic mass is 15.0. The maximum Gasteiger partial charge on any atom is -0.0140 e. The fourth-order valence-electron chi connectivity index (χ4n) is 0.534. The third-order valence-electron chi connectivity index (χ3n) is 3.07. The summed E-state index contributed by atoms with van der Waals surface area (Å²) in [6.45, 7) is 34.5. The van der Waals surface area contributed by atoms with Gasteiger partial charge in [0.25, 0.3) is 0 Å². The van der Waals surface area contributed by atoms with Crippen LogP contribution in [0.15, 0.2) is 30.3 Å². The summed E-state index contributed by atoms with van der Waals surface area (Å²) in [4.78, 5) is 2.00. The number of aryl methyl sites for hydroxylation is 1. The van der Waals surface area contributed by atoms with Crippen molar-refractivity contribution >= 4 is 0 Å². The number of hydrogen-bond acceptors (Lipinski definition) is 1. The molecule has 1 heteroatoms. The Hall–Kier alpha value is -0.820. The summed E-state index contributed by atoms with van der Waals surface area (Å²) in [5.74, 6) is 2.60. The standard InChI is InChI=1S/C7H8.2C5H12.2C4H10.C3H9N.C3H8.C2H6/c1-7-5-3-2-4-6-7;2*1-4-5(2)3;1-4(2)3;1-3-4-2;1-4(2)3;1-3-2;1-2/h2-6H,1H3;2*5H,4H2,1-3H3;4H,1-3H3;3-4H2,1-2H3;1-3H3;3H2,1-2H3;1-2H3. The van der Waals surface area contributed by atoms with E-state index in [0.717, 1.165) is 17.8 Å². The van der Waals surface area contributed by atoms with Crippen molar-refractivity contribution in [2.45, 2.75) is 143 Å². The monoisotopic (exact) mass is 486 g/mol. The Morgan fingerprint density at radius 2 is 0.765 bits per heavy atom. The van der Waals surface area contributed by atoms with Crippen LogP contribution in [0.2, 0.25) is 0 Å². The van der Waals surface area contributed by atoms with Crippen LogP contribution in [0.1, 0.15) is 142 Å². The van der Waals surface area contributed by atoms with Gasteiger partial charge in [-0.05, 0) is 45.8 Å². The van der Waals surface area contributed by atoms with Gasteiger partial charge in [-0.15, -0.1) is 0 Å². The smallest absolute Gasteiger partial charge is 0.0140 e. The van der Waals surface area contributed by atoms with Crippen LogP contribution in [0.3, 0.4) is 0 Å². The molecule has 0 heterocycles. The van der Waals surface area contributed by atoms with Gasteiger partial charge >= 0.3 is 0 Å². The van der Waals surface area contributed by atoms with Gasteiger partial charge in [-0.25, -0.2) is 0 Å². The van der Waals surface area contributed by atoms with E-state index in [1.165, 1.54) is 37.7 Å². The average molecular weight is 486 g/mol. The van der Waals surface area contributed by atoms with E-state index in [2.05, 4.69) is 109 Å². The highest BCUT2D eigenvalue weighted by molar-refractivity contribution is 5.11. The highest BCUT2D eigenvalue weighted by Crippen LogP contribution is 1.94. The Balaban J connectivity index is -0.0000000503. The van der Waals surface area contributed by atoms with E-state index >= 15 is 0 Å². The topological polar surface area (TPSA) is 3.24 Å². The molecule has 0 aliphatic rings. The minimum atomic E-state index is 0.833. The Bertz CT molecular complexity index is 317. The van der Waals surface area contributed by atoms with E-state index < -0.39 is 0 Å². The van der Waals surface area contributed by atoms with E-state index in [-0.39, 0.29) is 0 Å². The molecular formula is C33H75N. The number of hydrogen-bond donors (Lipinski definition) is 0. The Kier molecular flexibility index (Phi) is 78.9. The predicted molar refractivity (Wildman–Crippen MR) is 169 cm³/mol. The van der Waals surface area contributed by atoms with Gasteiger partial charge in [-0.2, -0.15) is 0 Å². The van der Waals surface area contributed by atoms with E-state index in [4.69, 9.17) is 0 Å². The van der Waals surface area contributed by atoms with Gasteiger partial charge in [-0.3, -0.25) is 0 Å². The second-order valence-electron chi connectivity index (χ2n) is 10.0. The molecule has 0 atom stereocenters. The summed E-state index contributed by atoms with van der Waals surface area (Å²) in [7, 11) is 6.00. The SMILES string of the molecule is CC.CC(C)C.CCC.CCC(C)C.CCC(C)C.CCCC.CN(C)C.Cc1ccccc1. The van der Waals surface area contributed by atoms with Crippen LogP contribution >= 0.6 is 0 Å². The lowest BCUT2D eigenvalue weighted by Gasteiger charge is -1.90. The Morgan fingerprint density at radius 1 is 0.588 bits per heavy atom. The summed E-state index contributed by atoms with van der Waals surface area (Å²) in [5, 5.41) is 0. The van der Waals surface area contributed by atoms with E-state index in [1.54, 1.807) is 0 Å². The van der Waals surface area contributed by atoms with Gasteiger partial charge in [0.2, 0.25) is 0 Å². The molecule has 1 aromatic rings. The molecule has 0 N–H and O–H groups in total. The third-order valence-corrected chi connectivity index (χ3v) is 3.07. The van der Waals surface area contributed by atoms with Crippen LogP contribution in [0.4, 0.5) is 0 Å². The van der Waals surface area contributed by atoms with Crippen molar-refractivity contribution in [1.82, 2.24) is 4.90 Å². The molecule has 0 amide bonds. The lowest BCUT2D eigenvalue weighted by molar-refractivity contribution is 0.505. The van der Waals surface area contributed by atoms with Gasteiger partial charge in [0.1, 0.15) is 0 Å². The quantitative estimate of drug-likeness (QED) is 0.411. The van der Waals surface area contributed by atoms with Crippen LogP contribution in [-0.2, 0) is 0 Å². The molecule has 0 unspecified atom stereocenters. The molecule has 34 heavy (non-hydrogen) atoms. The second-order valence-corrected chi connectivity index (χ2v) is 10.0. The lowest BCUT2D eigenvalue weighted by atomic mass is 10.2. The van der Waals surface area contributed by atoms with Gasteiger partial charge in [0.15, 0.2) is 0 Å². The first kappa shape index (κ1) is 50.1. The fourth-order valence-corrected chi connectivity index (χ4v) is 0.534. The molecule has 0 aromatic heterocycles. The summed E-state index contributed by atoms with van der Waals surface area (Å²) in [5.41, 5.74) is 1.32. The molecule has 0 fully saturated rings. The third kappa shape index (κ3) is 191. The molecule has 212 valence electrons. The van der Waals surface area contributed by atoms with Crippen molar-refractivity contribution in [3.8, 4) is 0 Å². The van der Waals surface area contributed by atoms with Gasteiger partial charge < -0.3 is 4.90 Å². The molecular weight excluding hydrogens is 410 g/mol. The Morgan fingerprint density at radius 3 is 0.824 bits per heavy atom. The largest absolute Gasteiger partial charge is 0.312 e. The second kappa shape index (κ2) is 53.5. The first-order valence-electron chi connectivity index (χ1n) is 14.4. The molecule has 0 bridgehead atoms. The van der Waals surface area contributed by atoms with Crippen molar-refractivity contribution in [2.75, 3.05) is 21.1 Å². The normalized spacial score (nSPS) is 8.32. The highest BCUT2D eigenvalue weighted by Gasteiger charge is 1.80. The fraction of sp³-hybridized carbons (Fsp3) is 0.818. The number of unbranched alkanes of at least 4 members (excludes halogenated alkanes) is 1. The van der Waals surface area contributed by atoms with Crippen molar-refractivity contribution in [3.05, 3.63) is 35.9 Å². The number of nitrogens with zero attached hydrogens (tertiary/aromatic N) is 1. The zero-order valence-corrected chi connectivity index (χ0v) is 28.1. The zero-order chi connectivity index (χ0) is 29.0. The number of rotatable bonds is 3. The van der Waals surface area contributed by atoms with Crippen molar-refractivity contribution < 1.29 is 0 Å². The first-order valence-corrected chi connectivity index (χ1v) is 14.4. The first-order chi connectivity index (χ1) is 15.7. The molecule has 0 saturated carbocycles.